The average Bonchev–Trinajstić information content (AvgIpc) is 3.21. The number of halogens is 2. The van der Waals surface area contributed by atoms with Crippen LogP contribution in [0.2, 0.25) is 10.0 Å². The summed E-state index contributed by atoms with van der Waals surface area (Å²) in [5, 5.41) is 0.994. The second-order valence-corrected chi connectivity index (χ2v) is 10.5. The third-order valence-corrected chi connectivity index (χ3v) is 7.23. The van der Waals surface area contributed by atoms with Crippen LogP contribution < -0.4 is 24.5 Å². The largest absolute Gasteiger partial charge is 0.495 e. The molecule has 0 N–H and O–H groups in total. The third-order valence-electron chi connectivity index (χ3n) is 6.70. The Hall–Kier alpha value is -3.68. The Morgan fingerprint density at radius 3 is 2.36 bits per heavy atom. The highest BCUT2D eigenvalue weighted by molar-refractivity contribution is 6.32. The molecule has 39 heavy (non-hydrogen) atoms. The lowest BCUT2D eigenvalue weighted by Crippen LogP contribution is -2.29. The second kappa shape index (κ2) is 10.8. The molecule has 1 aliphatic heterocycles. The van der Waals surface area contributed by atoms with Crippen molar-refractivity contribution in [2.45, 2.75) is 26.3 Å². The van der Waals surface area contributed by atoms with E-state index in [1.54, 1.807) is 55.6 Å². The zero-order valence-electron chi connectivity index (χ0n) is 21.9. The summed E-state index contributed by atoms with van der Waals surface area (Å²) >= 11 is 12.6. The van der Waals surface area contributed by atoms with Gasteiger partial charge in [-0.1, -0.05) is 43.1 Å². The number of ether oxygens (including phenoxy) is 3. The van der Waals surface area contributed by atoms with Crippen molar-refractivity contribution in [3.8, 4) is 17.2 Å². The van der Waals surface area contributed by atoms with Gasteiger partial charge in [0.15, 0.2) is 16.9 Å². The van der Waals surface area contributed by atoms with Crippen LogP contribution in [0.4, 0.5) is 5.69 Å². The lowest BCUT2D eigenvalue weighted by molar-refractivity contribution is 0.0971. The average molecular weight is 568 g/mol. The summed E-state index contributed by atoms with van der Waals surface area (Å²) < 4.78 is 22.9. The van der Waals surface area contributed by atoms with Crippen LogP contribution in [0.5, 0.6) is 17.2 Å². The number of rotatable bonds is 8. The van der Waals surface area contributed by atoms with Gasteiger partial charge in [0.25, 0.3) is 5.91 Å². The molecule has 1 aromatic heterocycles. The van der Waals surface area contributed by atoms with E-state index in [1.165, 1.54) is 12.0 Å². The van der Waals surface area contributed by atoms with Gasteiger partial charge in [0.1, 0.15) is 11.3 Å². The Bertz CT molecular complexity index is 1630. The summed E-state index contributed by atoms with van der Waals surface area (Å²) in [6.45, 7) is 4.78. The molecule has 1 unspecified atom stereocenters. The number of nitrogens with zero attached hydrogens (tertiary/aromatic N) is 1. The normalized spacial score (nSPS) is 14.7. The Balaban J connectivity index is 1.70. The number of fused-ring (bicyclic) bond motifs is 2. The van der Waals surface area contributed by atoms with Crippen LogP contribution in [-0.4, -0.2) is 26.7 Å². The topological polar surface area (TPSA) is 78.2 Å². The first-order valence-corrected chi connectivity index (χ1v) is 13.2. The lowest BCUT2D eigenvalue weighted by Gasteiger charge is -2.26. The quantitative estimate of drug-likeness (QED) is 0.222. The number of methoxy groups -OCH3 is 2. The fourth-order valence-corrected chi connectivity index (χ4v) is 5.13. The molecule has 0 spiro atoms. The van der Waals surface area contributed by atoms with Gasteiger partial charge in [-0.15, -0.1) is 0 Å². The predicted molar refractivity (Wildman–Crippen MR) is 152 cm³/mol. The number of hydrogen-bond donors (Lipinski definition) is 0. The van der Waals surface area contributed by atoms with Crippen molar-refractivity contribution in [3.05, 3.63) is 91.8 Å². The maximum atomic E-state index is 13.9. The summed E-state index contributed by atoms with van der Waals surface area (Å²) in [6, 6.07) is 14.3. The molecule has 1 amide bonds. The van der Waals surface area contributed by atoms with E-state index in [9.17, 15) is 9.59 Å². The summed E-state index contributed by atoms with van der Waals surface area (Å²) in [4.78, 5) is 29.2. The highest BCUT2D eigenvalue weighted by Crippen LogP contribution is 2.44. The SMILES string of the molecule is COc1ccc(N2C(=O)c3oc4ccc(Cl)cc4c(=O)c3C2c2ccc(OCCC(C)C)c(OC)c2)cc1Cl. The molecule has 0 radical (unpaired) electrons. The zero-order chi connectivity index (χ0) is 27.8. The van der Waals surface area contributed by atoms with Gasteiger partial charge in [0.2, 0.25) is 5.76 Å². The molecule has 0 saturated carbocycles. The number of anilines is 1. The van der Waals surface area contributed by atoms with Gasteiger partial charge in [-0.25, -0.2) is 0 Å². The van der Waals surface area contributed by atoms with E-state index in [-0.39, 0.29) is 27.7 Å². The molecule has 0 saturated heterocycles. The van der Waals surface area contributed by atoms with E-state index in [0.29, 0.717) is 51.1 Å². The number of carbonyl (C=O) groups excluding carboxylic acids is 1. The fourth-order valence-electron chi connectivity index (χ4n) is 4.71. The smallest absolute Gasteiger partial charge is 0.295 e. The van der Waals surface area contributed by atoms with E-state index in [4.69, 9.17) is 41.8 Å². The van der Waals surface area contributed by atoms with Crippen LogP contribution in [0.25, 0.3) is 11.0 Å². The molecular weight excluding hydrogens is 541 g/mol. The maximum absolute atomic E-state index is 13.9. The molecule has 5 rings (SSSR count). The van der Waals surface area contributed by atoms with E-state index in [0.717, 1.165) is 6.42 Å². The first-order chi connectivity index (χ1) is 18.7. The molecule has 9 heteroatoms. The summed E-state index contributed by atoms with van der Waals surface area (Å²) in [7, 11) is 3.06. The van der Waals surface area contributed by atoms with Crippen molar-refractivity contribution in [2.75, 3.05) is 25.7 Å². The Labute approximate surface area is 235 Å². The van der Waals surface area contributed by atoms with Crippen molar-refractivity contribution in [1.82, 2.24) is 0 Å². The van der Waals surface area contributed by atoms with Crippen molar-refractivity contribution >= 4 is 45.8 Å². The van der Waals surface area contributed by atoms with E-state index in [1.807, 2.05) is 6.07 Å². The first-order valence-electron chi connectivity index (χ1n) is 12.5. The monoisotopic (exact) mass is 567 g/mol. The molecule has 3 aromatic carbocycles. The second-order valence-electron chi connectivity index (χ2n) is 9.65. The molecule has 1 aliphatic rings. The molecular formula is C30H27Cl2NO6. The molecule has 0 aliphatic carbocycles. The van der Waals surface area contributed by atoms with E-state index < -0.39 is 11.9 Å². The zero-order valence-corrected chi connectivity index (χ0v) is 23.4. The van der Waals surface area contributed by atoms with E-state index in [2.05, 4.69) is 13.8 Å². The van der Waals surface area contributed by atoms with Gasteiger partial charge in [0, 0.05) is 10.7 Å². The molecule has 7 nitrogen and oxygen atoms in total. The Kier molecular flexibility index (Phi) is 7.47. The fraction of sp³-hybridized carbons (Fsp3) is 0.267. The number of amides is 1. The summed E-state index contributed by atoms with van der Waals surface area (Å²) in [5.41, 5.74) is 1.25. The molecule has 4 aromatic rings. The van der Waals surface area contributed by atoms with Gasteiger partial charge < -0.3 is 18.6 Å². The van der Waals surface area contributed by atoms with Crippen LogP contribution in [0, 0.1) is 5.92 Å². The summed E-state index contributed by atoms with van der Waals surface area (Å²) in [5.74, 6) is 1.49. The van der Waals surface area contributed by atoms with Gasteiger partial charge >= 0.3 is 0 Å². The van der Waals surface area contributed by atoms with Gasteiger partial charge in [-0.2, -0.15) is 0 Å². The van der Waals surface area contributed by atoms with Crippen molar-refractivity contribution in [3.63, 3.8) is 0 Å². The van der Waals surface area contributed by atoms with Gasteiger partial charge in [-0.3, -0.25) is 14.5 Å². The molecule has 0 fully saturated rings. The van der Waals surface area contributed by atoms with Crippen LogP contribution in [0.3, 0.4) is 0 Å². The lowest BCUT2D eigenvalue weighted by atomic mass is 9.97. The van der Waals surface area contributed by atoms with Crippen molar-refractivity contribution < 1.29 is 23.4 Å². The van der Waals surface area contributed by atoms with Gasteiger partial charge in [-0.05, 0) is 66.4 Å². The Morgan fingerprint density at radius 1 is 0.923 bits per heavy atom. The molecule has 202 valence electrons. The number of hydrogen-bond acceptors (Lipinski definition) is 6. The minimum absolute atomic E-state index is 0.0389. The Morgan fingerprint density at radius 2 is 1.67 bits per heavy atom. The molecule has 2 heterocycles. The van der Waals surface area contributed by atoms with Crippen LogP contribution in [0.15, 0.2) is 63.8 Å². The van der Waals surface area contributed by atoms with E-state index >= 15 is 0 Å². The first kappa shape index (κ1) is 26.9. The molecule has 1 atom stereocenters. The van der Waals surface area contributed by atoms with Crippen molar-refractivity contribution in [2.24, 2.45) is 5.92 Å². The minimum Gasteiger partial charge on any atom is -0.495 e. The number of carbonyl (C=O) groups is 1. The molecule has 0 bridgehead atoms. The van der Waals surface area contributed by atoms with Crippen LogP contribution in [-0.2, 0) is 0 Å². The maximum Gasteiger partial charge on any atom is 0.295 e. The number of benzene rings is 3. The van der Waals surface area contributed by atoms with Crippen molar-refractivity contribution in [1.29, 1.82) is 0 Å². The summed E-state index contributed by atoms with van der Waals surface area (Å²) in [6.07, 6.45) is 0.887. The highest BCUT2D eigenvalue weighted by Gasteiger charge is 2.44. The third kappa shape index (κ3) is 4.92. The standard InChI is InChI=1S/C30H27Cl2NO6/c1-16(2)11-12-38-24-8-5-17(13-25(24)37-4)27-26-28(34)20-14-18(31)6-9-22(20)39-29(26)30(35)33(27)19-7-10-23(36-3)21(32)15-19/h5-10,13-16,27H,11-12H2,1-4H3. The van der Waals surface area contributed by atoms with Crippen LogP contribution in [0.1, 0.15) is 48.0 Å². The predicted octanol–water partition coefficient (Wildman–Crippen LogP) is 7.29. The van der Waals surface area contributed by atoms with Gasteiger partial charge in [0.05, 0.1) is 42.8 Å². The van der Waals surface area contributed by atoms with Crippen LogP contribution >= 0.6 is 23.2 Å². The highest BCUT2D eigenvalue weighted by atomic mass is 35.5. The minimum atomic E-state index is -0.824.